The molecule has 1 unspecified atom stereocenters. The molecule has 0 saturated carbocycles. The predicted octanol–water partition coefficient (Wildman–Crippen LogP) is 5.27. The molecule has 1 aromatic heterocycles. The second-order valence-electron chi connectivity index (χ2n) is 4.31. The van der Waals surface area contributed by atoms with Crippen LogP contribution in [-0.4, -0.2) is 11.6 Å². The lowest BCUT2D eigenvalue weighted by Crippen LogP contribution is -2.08. The molecule has 0 aliphatic carbocycles. The number of pyridine rings is 1. The van der Waals surface area contributed by atoms with Gasteiger partial charge in [0.25, 0.3) is 0 Å². The Morgan fingerprint density at radius 2 is 2.10 bits per heavy atom. The summed E-state index contributed by atoms with van der Waals surface area (Å²) in [5.41, 5.74) is 1.45. The highest BCUT2D eigenvalue weighted by Gasteiger charge is 2.11. The summed E-state index contributed by atoms with van der Waals surface area (Å²) in [7, 11) is 0. The number of hydrogen-bond donors (Lipinski definition) is 1. The van der Waals surface area contributed by atoms with Crippen molar-refractivity contribution in [3.8, 4) is 5.75 Å². The van der Waals surface area contributed by atoms with Crippen molar-refractivity contribution in [3.63, 3.8) is 0 Å². The Hall–Kier alpha value is -1.40. The molecular formula is C14H12BrClF2N2O. The number of hydrogen-bond acceptors (Lipinski definition) is 3. The quantitative estimate of drug-likeness (QED) is 0.721. The van der Waals surface area contributed by atoms with E-state index in [2.05, 4.69) is 31.0 Å². The van der Waals surface area contributed by atoms with Gasteiger partial charge in [-0.05, 0) is 46.6 Å². The molecule has 7 heteroatoms. The van der Waals surface area contributed by atoms with Crippen molar-refractivity contribution >= 4 is 33.2 Å². The minimum Gasteiger partial charge on any atom is -0.435 e. The molecular weight excluding hydrogens is 366 g/mol. The average molecular weight is 378 g/mol. The van der Waals surface area contributed by atoms with E-state index < -0.39 is 6.61 Å². The largest absolute Gasteiger partial charge is 0.435 e. The summed E-state index contributed by atoms with van der Waals surface area (Å²) < 4.78 is 29.6. The first-order valence-electron chi connectivity index (χ1n) is 6.08. The molecule has 112 valence electrons. The normalized spacial score (nSPS) is 12.3. The fourth-order valence-electron chi connectivity index (χ4n) is 1.80. The number of halogens is 4. The molecule has 0 radical (unpaired) electrons. The number of anilines is 1. The smallest absolute Gasteiger partial charge is 0.387 e. The van der Waals surface area contributed by atoms with Crippen LogP contribution < -0.4 is 10.1 Å². The van der Waals surface area contributed by atoms with Crippen molar-refractivity contribution in [1.29, 1.82) is 0 Å². The van der Waals surface area contributed by atoms with Gasteiger partial charge in [0.1, 0.15) is 5.75 Å². The molecule has 0 fully saturated rings. The number of benzene rings is 1. The molecule has 1 atom stereocenters. The molecule has 2 aromatic rings. The van der Waals surface area contributed by atoms with E-state index in [9.17, 15) is 8.78 Å². The van der Waals surface area contributed by atoms with Gasteiger partial charge < -0.3 is 10.1 Å². The molecule has 0 aliphatic rings. The third kappa shape index (κ3) is 4.54. The lowest BCUT2D eigenvalue weighted by Gasteiger charge is -2.17. The van der Waals surface area contributed by atoms with Crippen LogP contribution in [0.15, 0.2) is 41.0 Å². The first-order chi connectivity index (χ1) is 9.95. The van der Waals surface area contributed by atoms with Crippen LogP contribution >= 0.6 is 27.5 Å². The summed E-state index contributed by atoms with van der Waals surface area (Å²) in [6.45, 7) is -0.953. The molecule has 3 nitrogen and oxygen atoms in total. The summed E-state index contributed by atoms with van der Waals surface area (Å²) in [5.74, 6) is 0.120. The van der Waals surface area contributed by atoms with Gasteiger partial charge in [-0.1, -0.05) is 23.7 Å². The maximum atomic E-state index is 12.2. The van der Waals surface area contributed by atoms with Gasteiger partial charge >= 0.3 is 6.61 Å². The second-order valence-corrected chi connectivity index (χ2v) is 5.58. The molecule has 1 aromatic carbocycles. The zero-order chi connectivity index (χ0) is 15.4. The molecule has 2 rings (SSSR count). The lowest BCUT2D eigenvalue weighted by molar-refractivity contribution is -0.0498. The van der Waals surface area contributed by atoms with E-state index in [4.69, 9.17) is 11.6 Å². The van der Waals surface area contributed by atoms with Gasteiger partial charge in [-0.15, -0.1) is 0 Å². The number of aromatic nitrogens is 1. The van der Waals surface area contributed by atoms with Crippen molar-refractivity contribution in [2.75, 3.05) is 5.32 Å². The van der Waals surface area contributed by atoms with Crippen LogP contribution in [0.25, 0.3) is 0 Å². The van der Waals surface area contributed by atoms with E-state index in [0.717, 1.165) is 10.0 Å². The van der Waals surface area contributed by atoms with E-state index in [0.29, 0.717) is 10.8 Å². The van der Waals surface area contributed by atoms with E-state index in [1.54, 1.807) is 24.4 Å². The molecule has 0 spiro atoms. The highest BCUT2D eigenvalue weighted by atomic mass is 79.9. The van der Waals surface area contributed by atoms with Crippen LogP contribution in [0.3, 0.4) is 0 Å². The van der Waals surface area contributed by atoms with E-state index in [-0.39, 0.29) is 11.8 Å². The molecule has 0 bridgehead atoms. The van der Waals surface area contributed by atoms with Crippen molar-refractivity contribution in [2.24, 2.45) is 0 Å². The average Bonchev–Trinajstić information content (AvgIpc) is 2.42. The minimum absolute atomic E-state index is 0.120. The number of nitrogens with one attached hydrogen (secondary N) is 1. The molecule has 0 saturated heterocycles. The Labute approximate surface area is 134 Å². The van der Waals surface area contributed by atoms with Gasteiger partial charge in [0.15, 0.2) is 5.15 Å². The second kappa shape index (κ2) is 7.04. The number of alkyl halides is 2. The maximum Gasteiger partial charge on any atom is 0.387 e. The maximum absolute atomic E-state index is 12.2. The fraction of sp³-hybridized carbons (Fsp3) is 0.214. The lowest BCUT2D eigenvalue weighted by atomic mass is 10.1. The van der Waals surface area contributed by atoms with Crippen LogP contribution in [0.5, 0.6) is 5.75 Å². The first-order valence-corrected chi connectivity index (χ1v) is 7.25. The van der Waals surface area contributed by atoms with Crippen LogP contribution in [-0.2, 0) is 0 Å². The summed E-state index contributed by atoms with van der Waals surface area (Å²) in [6.07, 6.45) is 1.59. The first kappa shape index (κ1) is 16.0. The standard InChI is InChI=1S/C14H12BrClF2N2O/c1-8(20-12-6-10(15)7-19-13(12)16)9-3-2-4-11(5-9)21-14(17)18/h2-8,14,20H,1H3. The van der Waals surface area contributed by atoms with E-state index >= 15 is 0 Å². The van der Waals surface area contributed by atoms with E-state index in [1.165, 1.54) is 6.07 Å². The van der Waals surface area contributed by atoms with Gasteiger partial charge in [0.05, 0.1) is 5.69 Å². The van der Waals surface area contributed by atoms with Gasteiger partial charge in [-0.25, -0.2) is 4.98 Å². The molecule has 1 heterocycles. The Bertz CT molecular complexity index is 628. The van der Waals surface area contributed by atoms with Crippen molar-refractivity contribution in [1.82, 2.24) is 4.98 Å². The number of nitrogens with zero attached hydrogens (tertiary/aromatic N) is 1. The zero-order valence-electron chi connectivity index (χ0n) is 11.0. The third-order valence-corrected chi connectivity index (χ3v) is 3.50. The van der Waals surface area contributed by atoms with Gasteiger partial charge in [0, 0.05) is 16.7 Å². The number of ether oxygens (including phenoxy) is 1. The van der Waals surface area contributed by atoms with Gasteiger partial charge in [-0.2, -0.15) is 8.78 Å². The van der Waals surface area contributed by atoms with E-state index in [1.807, 2.05) is 13.0 Å². The minimum atomic E-state index is -2.84. The molecule has 21 heavy (non-hydrogen) atoms. The summed E-state index contributed by atoms with van der Waals surface area (Å²) in [4.78, 5) is 4.01. The van der Waals surface area contributed by atoms with Crippen molar-refractivity contribution in [3.05, 3.63) is 51.7 Å². The molecule has 0 amide bonds. The van der Waals surface area contributed by atoms with Crippen LogP contribution in [0.4, 0.5) is 14.5 Å². The topological polar surface area (TPSA) is 34.2 Å². The van der Waals surface area contributed by atoms with Crippen molar-refractivity contribution < 1.29 is 13.5 Å². The summed E-state index contributed by atoms with van der Waals surface area (Å²) in [6, 6.07) is 8.16. The third-order valence-electron chi connectivity index (χ3n) is 2.76. The van der Waals surface area contributed by atoms with Crippen LogP contribution in [0.1, 0.15) is 18.5 Å². The fourth-order valence-corrected chi connectivity index (χ4v) is 2.29. The van der Waals surface area contributed by atoms with Crippen LogP contribution in [0, 0.1) is 0 Å². The Kier molecular flexibility index (Phi) is 5.36. The molecule has 1 N–H and O–H groups in total. The van der Waals surface area contributed by atoms with Crippen LogP contribution in [0.2, 0.25) is 5.15 Å². The Balaban J connectivity index is 2.16. The molecule has 0 aliphatic heterocycles. The Morgan fingerprint density at radius 3 is 2.81 bits per heavy atom. The van der Waals surface area contributed by atoms with Gasteiger partial charge in [0.2, 0.25) is 0 Å². The monoisotopic (exact) mass is 376 g/mol. The summed E-state index contributed by atoms with van der Waals surface area (Å²) >= 11 is 9.33. The summed E-state index contributed by atoms with van der Waals surface area (Å²) in [5, 5.41) is 3.52. The zero-order valence-corrected chi connectivity index (χ0v) is 13.3. The SMILES string of the molecule is CC(Nc1cc(Br)cnc1Cl)c1cccc(OC(F)F)c1. The highest BCUT2D eigenvalue weighted by Crippen LogP contribution is 2.28. The highest BCUT2D eigenvalue weighted by molar-refractivity contribution is 9.10. The van der Waals surface area contributed by atoms with Gasteiger partial charge in [-0.3, -0.25) is 0 Å². The number of rotatable bonds is 5. The predicted molar refractivity (Wildman–Crippen MR) is 82.1 cm³/mol. The van der Waals surface area contributed by atoms with Crippen molar-refractivity contribution in [2.45, 2.75) is 19.6 Å². The Morgan fingerprint density at radius 1 is 1.33 bits per heavy atom.